The van der Waals surface area contributed by atoms with Gasteiger partial charge >= 0.3 is 6.09 Å². The van der Waals surface area contributed by atoms with Crippen LogP contribution < -0.4 is 15.6 Å². The van der Waals surface area contributed by atoms with Crippen molar-refractivity contribution < 1.29 is 19.4 Å². The number of hydrogen-bond acceptors (Lipinski definition) is 4. The van der Waals surface area contributed by atoms with Crippen molar-refractivity contribution in [2.24, 2.45) is 0 Å². The van der Waals surface area contributed by atoms with E-state index < -0.39 is 12.0 Å². The van der Waals surface area contributed by atoms with Crippen molar-refractivity contribution in [3.63, 3.8) is 0 Å². The van der Waals surface area contributed by atoms with Gasteiger partial charge in [-0.25, -0.2) is 15.2 Å². The number of carboxylic acid groups (broad SMARTS) is 1. The Kier molecular flexibility index (Phi) is 4.39. The van der Waals surface area contributed by atoms with Gasteiger partial charge in [-0.2, -0.15) is 0 Å². The summed E-state index contributed by atoms with van der Waals surface area (Å²) in [5.74, 6) is 0.159. The molecule has 0 bridgehead atoms. The van der Waals surface area contributed by atoms with Crippen LogP contribution in [0.15, 0.2) is 12.1 Å². The first-order valence-corrected chi connectivity index (χ1v) is 6.45. The third kappa shape index (κ3) is 3.37. The smallest absolute Gasteiger partial charge is 0.423 e. The second-order valence-corrected chi connectivity index (χ2v) is 4.69. The Bertz CT molecular complexity index is 512. The standard InChI is InChI=1S/C13H17N3O4/c1-20-11-7-9(12(17)15-16-13(18)19)6-10(14-11)8-4-2-3-5-8/h6-8,16H,2-5H2,1H3,(H,15,17)(H,18,19). The van der Waals surface area contributed by atoms with E-state index in [-0.39, 0.29) is 0 Å². The monoisotopic (exact) mass is 279 g/mol. The number of nitrogens with one attached hydrogen (secondary N) is 2. The Balaban J connectivity index is 2.20. The number of ether oxygens (including phenoxy) is 1. The minimum absolute atomic E-state index is 0.326. The van der Waals surface area contributed by atoms with Gasteiger partial charge in [-0.1, -0.05) is 12.8 Å². The number of nitrogens with zero attached hydrogens (tertiary/aromatic N) is 1. The molecule has 7 heteroatoms. The van der Waals surface area contributed by atoms with Gasteiger partial charge in [0, 0.05) is 23.2 Å². The van der Waals surface area contributed by atoms with Crippen molar-refractivity contribution in [1.29, 1.82) is 0 Å². The molecule has 0 atom stereocenters. The molecular weight excluding hydrogens is 262 g/mol. The number of hydrogen-bond donors (Lipinski definition) is 3. The highest BCUT2D eigenvalue weighted by atomic mass is 16.5. The second kappa shape index (κ2) is 6.23. The van der Waals surface area contributed by atoms with Crippen LogP contribution in [0.3, 0.4) is 0 Å². The summed E-state index contributed by atoms with van der Waals surface area (Å²) in [7, 11) is 1.48. The second-order valence-electron chi connectivity index (χ2n) is 4.69. The number of methoxy groups -OCH3 is 1. The van der Waals surface area contributed by atoms with E-state index in [4.69, 9.17) is 9.84 Å². The maximum absolute atomic E-state index is 11.9. The predicted octanol–water partition coefficient (Wildman–Crippen LogP) is 1.66. The lowest BCUT2D eigenvalue weighted by atomic mass is 10.0. The van der Waals surface area contributed by atoms with Crippen LogP contribution in [-0.4, -0.2) is 29.2 Å². The van der Waals surface area contributed by atoms with E-state index in [0.29, 0.717) is 17.4 Å². The number of aromatic nitrogens is 1. The molecule has 20 heavy (non-hydrogen) atoms. The van der Waals surface area contributed by atoms with Gasteiger partial charge in [-0.15, -0.1) is 0 Å². The zero-order valence-electron chi connectivity index (χ0n) is 11.2. The molecule has 1 aliphatic carbocycles. The Labute approximate surface area is 116 Å². The topological polar surface area (TPSA) is 101 Å². The molecule has 1 fully saturated rings. The Morgan fingerprint density at radius 2 is 2.00 bits per heavy atom. The van der Waals surface area contributed by atoms with Crippen LogP contribution in [-0.2, 0) is 0 Å². The van der Waals surface area contributed by atoms with Crippen molar-refractivity contribution in [3.05, 3.63) is 23.4 Å². The van der Waals surface area contributed by atoms with Crippen molar-refractivity contribution >= 4 is 12.0 Å². The van der Waals surface area contributed by atoms with E-state index in [1.807, 2.05) is 5.43 Å². The first-order valence-electron chi connectivity index (χ1n) is 6.45. The Hall–Kier alpha value is -2.31. The summed E-state index contributed by atoms with van der Waals surface area (Å²) in [5.41, 5.74) is 5.07. The van der Waals surface area contributed by atoms with Crippen LogP contribution >= 0.6 is 0 Å². The molecule has 2 amide bonds. The van der Waals surface area contributed by atoms with Gasteiger partial charge in [0.25, 0.3) is 5.91 Å². The summed E-state index contributed by atoms with van der Waals surface area (Å²) in [5, 5.41) is 8.47. The average molecular weight is 279 g/mol. The van der Waals surface area contributed by atoms with Gasteiger partial charge in [-0.3, -0.25) is 10.2 Å². The fourth-order valence-electron chi connectivity index (χ4n) is 2.37. The Morgan fingerprint density at radius 3 is 2.60 bits per heavy atom. The molecule has 1 aromatic heterocycles. The number of hydrazine groups is 1. The molecule has 3 N–H and O–H groups in total. The van der Waals surface area contributed by atoms with Gasteiger partial charge in [-0.05, 0) is 18.9 Å². The third-order valence-electron chi connectivity index (χ3n) is 3.35. The minimum Gasteiger partial charge on any atom is -0.481 e. The van der Waals surface area contributed by atoms with E-state index in [9.17, 15) is 9.59 Å². The molecule has 0 spiro atoms. The van der Waals surface area contributed by atoms with E-state index in [0.717, 1.165) is 31.4 Å². The van der Waals surface area contributed by atoms with Crippen LogP contribution in [0.1, 0.15) is 47.7 Å². The third-order valence-corrected chi connectivity index (χ3v) is 3.35. The maximum Gasteiger partial charge on any atom is 0.423 e. The normalized spacial score (nSPS) is 14.8. The SMILES string of the molecule is COc1cc(C(=O)NNC(=O)O)cc(C2CCCC2)n1. The fourth-order valence-corrected chi connectivity index (χ4v) is 2.37. The van der Waals surface area contributed by atoms with Crippen molar-refractivity contribution in [2.45, 2.75) is 31.6 Å². The van der Waals surface area contributed by atoms with Gasteiger partial charge in [0.15, 0.2) is 0 Å². The zero-order chi connectivity index (χ0) is 14.5. The van der Waals surface area contributed by atoms with Gasteiger partial charge in [0.2, 0.25) is 5.88 Å². The van der Waals surface area contributed by atoms with Crippen LogP contribution in [0.4, 0.5) is 4.79 Å². The van der Waals surface area contributed by atoms with Crippen LogP contribution in [0.2, 0.25) is 0 Å². The van der Waals surface area contributed by atoms with Gasteiger partial charge in [0.05, 0.1) is 7.11 Å². The van der Waals surface area contributed by atoms with Crippen LogP contribution in [0, 0.1) is 0 Å². The largest absolute Gasteiger partial charge is 0.481 e. The van der Waals surface area contributed by atoms with Crippen molar-refractivity contribution in [1.82, 2.24) is 15.8 Å². The van der Waals surface area contributed by atoms with E-state index >= 15 is 0 Å². The number of carbonyl (C=O) groups excluding carboxylic acids is 1. The maximum atomic E-state index is 11.9. The molecule has 0 unspecified atom stereocenters. The average Bonchev–Trinajstić information content (AvgIpc) is 2.98. The zero-order valence-corrected chi connectivity index (χ0v) is 11.2. The van der Waals surface area contributed by atoms with E-state index in [1.165, 1.54) is 13.2 Å². The summed E-state index contributed by atoms with van der Waals surface area (Å²) in [6, 6.07) is 3.18. The minimum atomic E-state index is -1.32. The molecule has 108 valence electrons. The number of carbonyl (C=O) groups is 2. The highest BCUT2D eigenvalue weighted by Gasteiger charge is 2.21. The molecule has 0 aliphatic heterocycles. The molecule has 2 rings (SSSR count). The molecule has 1 heterocycles. The highest BCUT2D eigenvalue weighted by molar-refractivity contribution is 5.95. The first kappa shape index (κ1) is 14.1. The molecule has 7 nitrogen and oxygen atoms in total. The molecule has 0 saturated heterocycles. The van der Waals surface area contributed by atoms with Gasteiger partial charge < -0.3 is 9.84 Å². The quantitative estimate of drug-likeness (QED) is 0.730. The molecule has 1 saturated carbocycles. The van der Waals surface area contributed by atoms with Crippen molar-refractivity contribution in [2.75, 3.05) is 7.11 Å². The molecular formula is C13H17N3O4. The van der Waals surface area contributed by atoms with Crippen molar-refractivity contribution in [3.8, 4) is 5.88 Å². The first-order chi connectivity index (χ1) is 9.60. The highest BCUT2D eigenvalue weighted by Crippen LogP contribution is 2.34. The summed E-state index contributed by atoms with van der Waals surface area (Å²) in [6.45, 7) is 0. The lowest BCUT2D eigenvalue weighted by molar-refractivity contribution is 0.0926. The molecule has 0 radical (unpaired) electrons. The molecule has 0 aromatic carbocycles. The lowest BCUT2D eigenvalue weighted by Crippen LogP contribution is -2.40. The lowest BCUT2D eigenvalue weighted by Gasteiger charge is -2.12. The summed E-state index contributed by atoms with van der Waals surface area (Å²) in [4.78, 5) is 26.6. The predicted molar refractivity (Wildman–Crippen MR) is 70.6 cm³/mol. The summed E-state index contributed by atoms with van der Waals surface area (Å²) in [6.07, 6.45) is 3.09. The number of amides is 2. The summed E-state index contributed by atoms with van der Waals surface area (Å²) >= 11 is 0. The molecule has 1 aliphatic rings. The van der Waals surface area contributed by atoms with Crippen LogP contribution in [0.25, 0.3) is 0 Å². The molecule has 1 aromatic rings. The van der Waals surface area contributed by atoms with Gasteiger partial charge in [0.1, 0.15) is 0 Å². The number of pyridine rings is 1. The summed E-state index contributed by atoms with van der Waals surface area (Å²) < 4.78 is 5.10. The van der Waals surface area contributed by atoms with Crippen LogP contribution in [0.5, 0.6) is 5.88 Å². The Morgan fingerprint density at radius 1 is 1.30 bits per heavy atom. The number of rotatable bonds is 3. The fraction of sp³-hybridized carbons (Fsp3) is 0.462. The van der Waals surface area contributed by atoms with E-state index in [1.54, 1.807) is 6.07 Å². The van der Waals surface area contributed by atoms with E-state index in [2.05, 4.69) is 10.4 Å².